The quantitative estimate of drug-likeness (QED) is 0.867. The molecule has 2 rings (SSSR count). The Kier molecular flexibility index (Phi) is 4.35. The van der Waals surface area contributed by atoms with Crippen molar-refractivity contribution in [1.82, 2.24) is 9.97 Å². The second-order valence-electron chi connectivity index (χ2n) is 4.43. The van der Waals surface area contributed by atoms with E-state index in [0.29, 0.717) is 23.4 Å². The number of benzene rings is 1. The molecule has 2 aromatic rings. The maximum Gasteiger partial charge on any atom is 0.158 e. The Bertz CT molecular complexity index is 567. The lowest BCUT2D eigenvalue weighted by molar-refractivity contribution is 0.178. The van der Waals surface area contributed by atoms with E-state index in [0.717, 1.165) is 5.69 Å². The zero-order valence-corrected chi connectivity index (χ0v) is 12.0. The molecule has 0 saturated heterocycles. The van der Waals surface area contributed by atoms with Crippen LogP contribution in [-0.4, -0.2) is 17.1 Å². The predicted molar refractivity (Wildman–Crippen MR) is 77.0 cm³/mol. The van der Waals surface area contributed by atoms with Gasteiger partial charge in [0, 0.05) is 18.9 Å². The van der Waals surface area contributed by atoms with Gasteiger partial charge in [-0.25, -0.2) is 9.97 Å². The summed E-state index contributed by atoms with van der Waals surface area (Å²) >= 11 is 5.97. The largest absolute Gasteiger partial charge is 0.377 e. The van der Waals surface area contributed by atoms with Crippen molar-refractivity contribution in [2.45, 2.75) is 20.5 Å². The normalized spacial score (nSPS) is 10.5. The first-order valence-corrected chi connectivity index (χ1v) is 6.32. The molecule has 1 aromatic carbocycles. The van der Waals surface area contributed by atoms with Crippen LogP contribution >= 0.6 is 11.6 Å². The number of aryl methyl sites for hydroxylation is 2. The minimum absolute atomic E-state index is 0.335. The van der Waals surface area contributed by atoms with Gasteiger partial charge in [0.15, 0.2) is 5.82 Å². The highest BCUT2D eigenvalue weighted by Gasteiger charge is 2.04. The first kappa shape index (κ1) is 13.8. The average molecular weight is 278 g/mol. The van der Waals surface area contributed by atoms with E-state index in [1.54, 1.807) is 13.2 Å². The molecule has 100 valence electrons. The fourth-order valence-electron chi connectivity index (χ4n) is 1.92. The smallest absolute Gasteiger partial charge is 0.158 e. The van der Waals surface area contributed by atoms with E-state index in [1.807, 2.05) is 0 Å². The lowest BCUT2D eigenvalue weighted by Crippen LogP contribution is -2.02. The highest BCUT2D eigenvalue weighted by molar-refractivity contribution is 6.29. The standard InChI is InChI=1S/C14H16ClN3O/c1-9-4-10(2)6-11(5-9)16-13-7-12(15)17-14(18-13)8-19-3/h4-7H,8H2,1-3H3,(H,16,17,18). The van der Waals surface area contributed by atoms with E-state index in [1.165, 1.54) is 11.1 Å². The van der Waals surface area contributed by atoms with Crippen LogP contribution in [0.3, 0.4) is 0 Å². The van der Waals surface area contributed by atoms with E-state index < -0.39 is 0 Å². The molecule has 0 aliphatic carbocycles. The van der Waals surface area contributed by atoms with Gasteiger partial charge in [-0.1, -0.05) is 17.7 Å². The van der Waals surface area contributed by atoms with Crippen molar-refractivity contribution in [3.8, 4) is 0 Å². The van der Waals surface area contributed by atoms with Gasteiger partial charge in [0.2, 0.25) is 0 Å². The summed E-state index contributed by atoms with van der Waals surface area (Å²) in [5.41, 5.74) is 3.37. The van der Waals surface area contributed by atoms with Crippen LogP contribution in [0.2, 0.25) is 5.15 Å². The van der Waals surface area contributed by atoms with Crippen molar-refractivity contribution in [3.05, 3.63) is 46.4 Å². The maximum absolute atomic E-state index is 5.97. The van der Waals surface area contributed by atoms with Crippen LogP contribution in [0.1, 0.15) is 17.0 Å². The number of hydrogen-bond donors (Lipinski definition) is 1. The molecule has 19 heavy (non-hydrogen) atoms. The van der Waals surface area contributed by atoms with Gasteiger partial charge in [0.25, 0.3) is 0 Å². The molecular formula is C14H16ClN3O. The highest BCUT2D eigenvalue weighted by Crippen LogP contribution is 2.20. The molecule has 1 aromatic heterocycles. The number of rotatable bonds is 4. The van der Waals surface area contributed by atoms with Crippen LogP contribution in [0.5, 0.6) is 0 Å². The number of nitrogens with one attached hydrogen (secondary N) is 1. The van der Waals surface area contributed by atoms with Crippen LogP contribution in [0, 0.1) is 13.8 Å². The average Bonchev–Trinajstić information content (AvgIpc) is 2.26. The number of nitrogens with zero attached hydrogens (tertiary/aromatic N) is 2. The second kappa shape index (κ2) is 5.99. The number of aromatic nitrogens is 2. The Morgan fingerprint density at radius 3 is 2.42 bits per heavy atom. The fraction of sp³-hybridized carbons (Fsp3) is 0.286. The summed E-state index contributed by atoms with van der Waals surface area (Å²) in [6.07, 6.45) is 0. The van der Waals surface area contributed by atoms with Crippen molar-refractivity contribution in [3.63, 3.8) is 0 Å². The number of halogens is 1. The summed E-state index contributed by atoms with van der Waals surface area (Å²) in [7, 11) is 1.60. The molecule has 4 nitrogen and oxygen atoms in total. The van der Waals surface area contributed by atoms with Gasteiger partial charge < -0.3 is 10.1 Å². The minimum atomic E-state index is 0.335. The highest BCUT2D eigenvalue weighted by atomic mass is 35.5. The van der Waals surface area contributed by atoms with Crippen LogP contribution in [0.4, 0.5) is 11.5 Å². The number of methoxy groups -OCH3 is 1. The molecule has 0 bridgehead atoms. The van der Waals surface area contributed by atoms with E-state index in [2.05, 4.69) is 47.3 Å². The van der Waals surface area contributed by atoms with E-state index in [-0.39, 0.29) is 0 Å². The van der Waals surface area contributed by atoms with Crippen LogP contribution < -0.4 is 5.32 Å². The summed E-state index contributed by atoms with van der Waals surface area (Å²) in [5.74, 6) is 1.22. The third-order valence-corrected chi connectivity index (χ3v) is 2.70. The summed E-state index contributed by atoms with van der Waals surface area (Å²) in [5, 5.41) is 3.63. The van der Waals surface area contributed by atoms with E-state index >= 15 is 0 Å². The lowest BCUT2D eigenvalue weighted by Gasteiger charge is -2.09. The Morgan fingerprint density at radius 1 is 1.11 bits per heavy atom. The van der Waals surface area contributed by atoms with E-state index in [9.17, 15) is 0 Å². The van der Waals surface area contributed by atoms with Crippen molar-refractivity contribution < 1.29 is 4.74 Å². The maximum atomic E-state index is 5.97. The van der Waals surface area contributed by atoms with Gasteiger partial charge in [-0.2, -0.15) is 0 Å². The minimum Gasteiger partial charge on any atom is -0.377 e. The lowest BCUT2D eigenvalue weighted by atomic mass is 10.1. The first-order valence-electron chi connectivity index (χ1n) is 5.94. The molecule has 0 saturated carbocycles. The van der Waals surface area contributed by atoms with Crippen molar-refractivity contribution in [1.29, 1.82) is 0 Å². The Labute approximate surface area is 117 Å². The number of anilines is 2. The summed E-state index contributed by atoms with van der Waals surface area (Å²) in [4.78, 5) is 8.44. The third kappa shape index (κ3) is 3.91. The van der Waals surface area contributed by atoms with Gasteiger partial charge in [0.05, 0.1) is 0 Å². The summed E-state index contributed by atoms with van der Waals surface area (Å²) in [6, 6.07) is 7.92. The van der Waals surface area contributed by atoms with Gasteiger partial charge in [-0.05, 0) is 37.1 Å². The van der Waals surface area contributed by atoms with Crippen molar-refractivity contribution >= 4 is 23.1 Å². The molecule has 0 fully saturated rings. The Balaban J connectivity index is 2.27. The molecule has 0 spiro atoms. The van der Waals surface area contributed by atoms with Crippen LogP contribution in [0.15, 0.2) is 24.3 Å². The Hall–Kier alpha value is -1.65. The van der Waals surface area contributed by atoms with Crippen LogP contribution in [-0.2, 0) is 11.3 Å². The monoisotopic (exact) mass is 277 g/mol. The van der Waals surface area contributed by atoms with Gasteiger partial charge >= 0.3 is 0 Å². The van der Waals surface area contributed by atoms with Gasteiger partial charge in [-0.3, -0.25) is 0 Å². The van der Waals surface area contributed by atoms with Gasteiger partial charge in [0.1, 0.15) is 17.6 Å². The summed E-state index contributed by atoms with van der Waals surface area (Å²) < 4.78 is 5.01. The molecule has 1 heterocycles. The number of ether oxygens (including phenoxy) is 1. The molecule has 0 aliphatic rings. The molecular weight excluding hydrogens is 262 g/mol. The molecule has 0 amide bonds. The van der Waals surface area contributed by atoms with Gasteiger partial charge in [-0.15, -0.1) is 0 Å². The Morgan fingerprint density at radius 2 is 1.79 bits per heavy atom. The summed E-state index contributed by atoms with van der Waals surface area (Å²) in [6.45, 7) is 4.45. The zero-order valence-electron chi connectivity index (χ0n) is 11.2. The molecule has 1 N–H and O–H groups in total. The zero-order chi connectivity index (χ0) is 13.8. The molecule has 0 aliphatic heterocycles. The molecule has 0 radical (unpaired) electrons. The van der Waals surface area contributed by atoms with Crippen LogP contribution in [0.25, 0.3) is 0 Å². The SMILES string of the molecule is COCc1nc(Cl)cc(Nc2cc(C)cc(C)c2)n1. The van der Waals surface area contributed by atoms with Crippen molar-refractivity contribution in [2.24, 2.45) is 0 Å². The number of hydrogen-bond acceptors (Lipinski definition) is 4. The third-order valence-electron chi connectivity index (χ3n) is 2.51. The first-order chi connectivity index (χ1) is 9.06. The van der Waals surface area contributed by atoms with E-state index in [4.69, 9.17) is 16.3 Å². The molecule has 0 unspecified atom stereocenters. The fourth-order valence-corrected chi connectivity index (χ4v) is 2.12. The van der Waals surface area contributed by atoms with Crippen molar-refractivity contribution in [2.75, 3.05) is 12.4 Å². The molecule has 5 heteroatoms. The topological polar surface area (TPSA) is 47.0 Å². The second-order valence-corrected chi connectivity index (χ2v) is 4.81. The predicted octanol–water partition coefficient (Wildman–Crippen LogP) is 3.64. The molecule has 0 atom stereocenters.